The number of epoxide rings is 1. The molecule has 1 saturated heterocycles. The predicted octanol–water partition coefficient (Wildman–Crippen LogP) is 9.02. The number of carbonyl (C=O) groups is 2. The summed E-state index contributed by atoms with van der Waals surface area (Å²) in [7, 11) is -9.67. The van der Waals surface area contributed by atoms with E-state index >= 15 is 0 Å². The van der Waals surface area contributed by atoms with E-state index in [9.17, 15) is 28.7 Å². The zero-order chi connectivity index (χ0) is 40.8. The van der Waals surface area contributed by atoms with Gasteiger partial charge in [-0.25, -0.2) is 9.13 Å². The van der Waals surface area contributed by atoms with Crippen molar-refractivity contribution in [1.82, 2.24) is 0 Å². The Bertz CT molecular complexity index is 1120. The van der Waals surface area contributed by atoms with Gasteiger partial charge in [-0.3, -0.25) is 23.2 Å². The third-order valence-electron chi connectivity index (χ3n) is 9.61. The van der Waals surface area contributed by atoms with Crippen LogP contribution in [0.25, 0.3) is 0 Å². The minimum Gasteiger partial charge on any atom is -0.462 e. The topological polar surface area (TPSA) is 208 Å². The number of hydrogen-bond acceptors (Lipinski definition) is 11. The Morgan fingerprint density at radius 3 is 1.91 bits per heavy atom. The minimum atomic E-state index is -4.86. The van der Waals surface area contributed by atoms with Crippen molar-refractivity contribution >= 4 is 27.6 Å². The summed E-state index contributed by atoms with van der Waals surface area (Å²) in [6.45, 7) is 4.00. The molecule has 1 heterocycles. The summed E-state index contributed by atoms with van der Waals surface area (Å²) in [4.78, 5) is 52.6. The highest BCUT2D eigenvalue weighted by molar-refractivity contribution is 7.47. The summed E-state index contributed by atoms with van der Waals surface area (Å²) in [5.41, 5.74) is 0. The number of aliphatic hydroxyl groups excluding tert-OH is 1. The summed E-state index contributed by atoms with van der Waals surface area (Å²) in [6, 6.07) is 0. The van der Waals surface area contributed by atoms with E-state index < -0.39 is 66.2 Å². The molecule has 0 radical (unpaired) electrons. The van der Waals surface area contributed by atoms with Crippen LogP contribution in [0.2, 0.25) is 0 Å². The first-order valence-electron chi connectivity index (χ1n) is 20.9. The SMILES string of the molecule is CCCCC/C=C\CC1OC1CCCCCCCC(=O)O[C@H](COC(=O)CCCCCCCCCCC(C)CC)COP(=O)(O)OC[C@@H](O)COP(=O)(O)O. The van der Waals surface area contributed by atoms with Crippen molar-refractivity contribution in [2.45, 2.75) is 193 Å². The molecule has 1 aliphatic heterocycles. The lowest BCUT2D eigenvalue weighted by atomic mass is 9.99. The summed E-state index contributed by atoms with van der Waals surface area (Å²) in [5, 5.41) is 9.73. The second-order valence-corrected chi connectivity index (χ2v) is 17.6. The van der Waals surface area contributed by atoms with Gasteiger partial charge < -0.3 is 34.0 Å². The Hall–Kier alpha value is -1.18. The fraction of sp³-hybridized carbons (Fsp3) is 0.897. The van der Waals surface area contributed by atoms with Crippen LogP contribution in [-0.4, -0.2) is 82.6 Å². The van der Waals surface area contributed by atoms with Crippen LogP contribution < -0.4 is 0 Å². The van der Waals surface area contributed by atoms with Gasteiger partial charge in [0.15, 0.2) is 6.10 Å². The lowest BCUT2D eigenvalue weighted by molar-refractivity contribution is -0.161. The molecule has 1 aliphatic rings. The first-order valence-corrected chi connectivity index (χ1v) is 23.9. The molecule has 0 saturated carbocycles. The average molecular weight is 829 g/mol. The van der Waals surface area contributed by atoms with E-state index in [4.69, 9.17) is 28.5 Å². The predicted molar refractivity (Wildman–Crippen MR) is 211 cm³/mol. The maximum absolute atomic E-state index is 12.7. The van der Waals surface area contributed by atoms with Crippen LogP contribution in [-0.2, 0) is 46.5 Å². The molecule has 0 amide bonds. The van der Waals surface area contributed by atoms with E-state index in [0.717, 1.165) is 70.1 Å². The van der Waals surface area contributed by atoms with E-state index in [2.05, 4.69) is 42.0 Å². The van der Waals surface area contributed by atoms with Crippen molar-refractivity contribution < 1.29 is 66.3 Å². The van der Waals surface area contributed by atoms with Gasteiger partial charge in [0.25, 0.3) is 0 Å². The Morgan fingerprint density at radius 1 is 0.691 bits per heavy atom. The lowest BCUT2D eigenvalue weighted by Crippen LogP contribution is -2.30. The van der Waals surface area contributed by atoms with Crippen LogP contribution in [0.1, 0.15) is 168 Å². The second-order valence-electron chi connectivity index (χ2n) is 14.9. The Kier molecular flexibility index (Phi) is 29.9. The van der Waals surface area contributed by atoms with E-state index in [1.165, 1.54) is 57.8 Å². The second kappa shape index (κ2) is 31.8. The molecule has 1 rings (SSSR count). The number of unbranched alkanes of at least 4 members (excludes halogenated alkanes) is 14. The molecule has 0 spiro atoms. The molecule has 0 aromatic carbocycles. The molecule has 0 aromatic rings. The Balaban J connectivity index is 2.39. The number of allylic oxidation sites excluding steroid dienone is 1. The standard InChI is InChI=1S/C39H74O14P2/c1-4-6-7-8-15-20-25-36-37(53-36)26-21-16-13-18-23-28-39(42)52-35(32-51-55(46,47)50-30-34(40)29-49-54(43,44)45)31-48-38(41)27-22-17-12-10-9-11-14-19-24-33(3)5-2/h15,20,33-37,40H,4-14,16-19,21-32H2,1-3H3,(H,46,47)(H2,43,44,45)/b20-15-/t33?,34-,35+,36?,37?/m0/s1. The van der Waals surface area contributed by atoms with Gasteiger partial charge in [-0.05, 0) is 44.4 Å². The number of esters is 2. The summed E-state index contributed by atoms with van der Waals surface area (Å²) in [6.07, 6.45) is 25.2. The summed E-state index contributed by atoms with van der Waals surface area (Å²) in [5.74, 6) is -0.258. The first-order chi connectivity index (χ1) is 26.2. The third kappa shape index (κ3) is 32.5. The van der Waals surface area contributed by atoms with Crippen molar-refractivity contribution in [2.24, 2.45) is 5.92 Å². The van der Waals surface area contributed by atoms with Crippen LogP contribution in [0.5, 0.6) is 0 Å². The maximum Gasteiger partial charge on any atom is 0.472 e. The van der Waals surface area contributed by atoms with Crippen LogP contribution in [0.4, 0.5) is 0 Å². The van der Waals surface area contributed by atoms with Crippen LogP contribution >= 0.6 is 15.6 Å². The van der Waals surface area contributed by atoms with E-state index in [-0.39, 0.29) is 12.8 Å². The molecule has 6 atom stereocenters. The highest BCUT2D eigenvalue weighted by Gasteiger charge is 2.36. The highest BCUT2D eigenvalue weighted by Crippen LogP contribution is 2.44. The first kappa shape index (κ1) is 51.8. The van der Waals surface area contributed by atoms with Gasteiger partial charge in [0.05, 0.1) is 32.0 Å². The maximum atomic E-state index is 12.7. The average Bonchev–Trinajstić information content (AvgIpc) is 3.90. The molecular weight excluding hydrogens is 754 g/mol. The number of ether oxygens (including phenoxy) is 3. The normalized spacial score (nSPS) is 18.5. The fourth-order valence-electron chi connectivity index (χ4n) is 5.92. The monoisotopic (exact) mass is 828 g/mol. The zero-order valence-corrected chi connectivity index (χ0v) is 35.7. The fourth-order valence-corrected chi connectivity index (χ4v) is 7.07. The molecule has 4 N–H and O–H groups in total. The van der Waals surface area contributed by atoms with Crippen LogP contribution in [0.3, 0.4) is 0 Å². The van der Waals surface area contributed by atoms with Gasteiger partial charge in [-0.2, -0.15) is 0 Å². The largest absolute Gasteiger partial charge is 0.472 e. The number of rotatable bonds is 38. The van der Waals surface area contributed by atoms with E-state index in [1.54, 1.807) is 0 Å². The zero-order valence-electron chi connectivity index (χ0n) is 33.9. The van der Waals surface area contributed by atoms with Gasteiger partial charge in [0.2, 0.25) is 0 Å². The van der Waals surface area contributed by atoms with Crippen molar-refractivity contribution in [3.8, 4) is 0 Å². The van der Waals surface area contributed by atoms with E-state index in [1.807, 2.05) is 0 Å². The van der Waals surface area contributed by atoms with Gasteiger partial charge in [0.1, 0.15) is 12.7 Å². The summed E-state index contributed by atoms with van der Waals surface area (Å²) < 4.78 is 53.5. The highest BCUT2D eigenvalue weighted by atomic mass is 31.2. The van der Waals surface area contributed by atoms with Gasteiger partial charge in [0, 0.05) is 12.8 Å². The van der Waals surface area contributed by atoms with Crippen molar-refractivity contribution in [3.05, 3.63) is 12.2 Å². The number of phosphoric acid groups is 2. The number of phosphoric ester groups is 2. The Labute approximate surface area is 330 Å². The number of aliphatic hydroxyl groups is 1. The van der Waals surface area contributed by atoms with Crippen LogP contribution in [0, 0.1) is 5.92 Å². The van der Waals surface area contributed by atoms with Gasteiger partial charge in [-0.15, -0.1) is 0 Å². The van der Waals surface area contributed by atoms with Crippen molar-refractivity contribution in [3.63, 3.8) is 0 Å². The molecule has 1 fully saturated rings. The van der Waals surface area contributed by atoms with E-state index in [0.29, 0.717) is 25.0 Å². The van der Waals surface area contributed by atoms with Crippen molar-refractivity contribution in [2.75, 3.05) is 26.4 Å². The molecule has 0 aliphatic carbocycles. The molecule has 4 unspecified atom stereocenters. The van der Waals surface area contributed by atoms with Crippen molar-refractivity contribution in [1.29, 1.82) is 0 Å². The quantitative estimate of drug-likeness (QED) is 0.0151. The molecule has 0 aromatic heterocycles. The van der Waals surface area contributed by atoms with Gasteiger partial charge >= 0.3 is 27.6 Å². The lowest BCUT2D eigenvalue weighted by Gasteiger charge is -2.20. The molecule has 0 bridgehead atoms. The van der Waals surface area contributed by atoms with Crippen LogP contribution in [0.15, 0.2) is 12.2 Å². The molecule has 55 heavy (non-hydrogen) atoms. The summed E-state index contributed by atoms with van der Waals surface area (Å²) >= 11 is 0. The number of carbonyl (C=O) groups excluding carboxylic acids is 2. The van der Waals surface area contributed by atoms with Gasteiger partial charge in [-0.1, -0.05) is 129 Å². The number of hydrogen-bond donors (Lipinski definition) is 4. The molecule has 324 valence electrons. The molecule has 14 nitrogen and oxygen atoms in total. The minimum absolute atomic E-state index is 0.111. The molecule has 16 heteroatoms. The Morgan fingerprint density at radius 2 is 1.27 bits per heavy atom. The smallest absolute Gasteiger partial charge is 0.462 e. The molecular formula is C39H74O14P2. The third-order valence-corrected chi connectivity index (χ3v) is 11.0.